The molecule has 17 heavy (non-hydrogen) atoms. The van der Waals surface area contributed by atoms with Crippen LogP contribution >= 0.6 is 0 Å². The minimum atomic E-state index is -0.0868. The van der Waals surface area contributed by atoms with Gasteiger partial charge in [-0.05, 0) is 38.1 Å². The highest BCUT2D eigenvalue weighted by Crippen LogP contribution is 2.40. The standard InChI is InChI=1S/C14H26N2O/c1-14(8-3-4-9-14)13(17)16(2)12-7-5-6-11(12)10-15/h11-12H,3-10,15H2,1-2H3. The van der Waals surface area contributed by atoms with Crippen molar-refractivity contribution in [2.75, 3.05) is 13.6 Å². The Balaban J connectivity index is 2.03. The molecule has 0 saturated heterocycles. The van der Waals surface area contributed by atoms with Gasteiger partial charge in [-0.3, -0.25) is 4.79 Å². The smallest absolute Gasteiger partial charge is 0.228 e. The van der Waals surface area contributed by atoms with E-state index < -0.39 is 0 Å². The van der Waals surface area contributed by atoms with Crippen LogP contribution < -0.4 is 5.73 Å². The average molecular weight is 238 g/mol. The van der Waals surface area contributed by atoms with Crippen molar-refractivity contribution in [1.29, 1.82) is 0 Å². The second-order valence-corrected chi connectivity index (χ2v) is 6.18. The quantitative estimate of drug-likeness (QED) is 0.819. The summed E-state index contributed by atoms with van der Waals surface area (Å²) in [5, 5.41) is 0. The number of amides is 1. The van der Waals surface area contributed by atoms with E-state index in [2.05, 4.69) is 6.92 Å². The van der Waals surface area contributed by atoms with Gasteiger partial charge < -0.3 is 10.6 Å². The Hall–Kier alpha value is -0.570. The highest BCUT2D eigenvalue weighted by Gasteiger charge is 2.41. The van der Waals surface area contributed by atoms with Gasteiger partial charge in [0.05, 0.1) is 0 Å². The van der Waals surface area contributed by atoms with Gasteiger partial charge in [-0.1, -0.05) is 26.2 Å². The lowest BCUT2D eigenvalue weighted by atomic mass is 9.86. The van der Waals surface area contributed by atoms with Gasteiger partial charge in [-0.15, -0.1) is 0 Å². The maximum atomic E-state index is 12.6. The molecular formula is C14H26N2O. The van der Waals surface area contributed by atoms with Crippen molar-refractivity contribution in [3.05, 3.63) is 0 Å². The zero-order valence-corrected chi connectivity index (χ0v) is 11.2. The first-order chi connectivity index (χ1) is 8.08. The fourth-order valence-electron chi connectivity index (χ4n) is 3.75. The van der Waals surface area contributed by atoms with Crippen molar-refractivity contribution < 1.29 is 4.79 Å². The molecule has 0 aromatic rings. The van der Waals surface area contributed by atoms with E-state index in [0.29, 0.717) is 17.9 Å². The first-order valence-electron chi connectivity index (χ1n) is 7.06. The molecule has 2 atom stereocenters. The lowest BCUT2D eigenvalue weighted by molar-refractivity contribution is -0.142. The number of hydrogen-bond acceptors (Lipinski definition) is 2. The molecule has 98 valence electrons. The maximum Gasteiger partial charge on any atom is 0.228 e. The Bertz CT molecular complexity index is 284. The van der Waals surface area contributed by atoms with E-state index in [1.165, 1.54) is 25.7 Å². The fraction of sp³-hybridized carbons (Fsp3) is 0.929. The van der Waals surface area contributed by atoms with Gasteiger partial charge in [-0.25, -0.2) is 0 Å². The van der Waals surface area contributed by atoms with Crippen LogP contribution in [0.25, 0.3) is 0 Å². The van der Waals surface area contributed by atoms with E-state index in [-0.39, 0.29) is 5.41 Å². The Kier molecular flexibility index (Phi) is 3.76. The molecule has 2 saturated carbocycles. The molecule has 2 unspecified atom stereocenters. The Morgan fingerprint density at radius 3 is 2.53 bits per heavy atom. The van der Waals surface area contributed by atoms with Gasteiger partial charge in [0.1, 0.15) is 0 Å². The van der Waals surface area contributed by atoms with Crippen molar-refractivity contribution in [2.24, 2.45) is 17.1 Å². The predicted octanol–water partition coefficient (Wildman–Crippen LogP) is 2.15. The molecule has 3 nitrogen and oxygen atoms in total. The van der Waals surface area contributed by atoms with Crippen molar-refractivity contribution >= 4 is 5.91 Å². The minimum absolute atomic E-state index is 0.0868. The molecule has 0 spiro atoms. The molecule has 0 aromatic heterocycles. The molecule has 2 aliphatic carbocycles. The van der Waals surface area contributed by atoms with Crippen LogP contribution in [0.15, 0.2) is 0 Å². The van der Waals surface area contributed by atoms with E-state index in [4.69, 9.17) is 5.73 Å². The summed E-state index contributed by atoms with van der Waals surface area (Å²) in [6.45, 7) is 2.87. The molecule has 2 rings (SSSR count). The van der Waals surface area contributed by atoms with Crippen LogP contribution in [0.1, 0.15) is 51.9 Å². The minimum Gasteiger partial charge on any atom is -0.342 e. The van der Waals surface area contributed by atoms with Crippen LogP contribution in [0, 0.1) is 11.3 Å². The monoisotopic (exact) mass is 238 g/mol. The van der Waals surface area contributed by atoms with E-state index in [9.17, 15) is 4.79 Å². The largest absolute Gasteiger partial charge is 0.342 e. The topological polar surface area (TPSA) is 46.3 Å². The van der Waals surface area contributed by atoms with Crippen LogP contribution in [0.2, 0.25) is 0 Å². The summed E-state index contributed by atoms with van der Waals surface area (Å²) in [6, 6.07) is 0.393. The van der Waals surface area contributed by atoms with Gasteiger partial charge >= 0.3 is 0 Å². The number of carbonyl (C=O) groups is 1. The van der Waals surface area contributed by atoms with Gasteiger partial charge in [0, 0.05) is 18.5 Å². The van der Waals surface area contributed by atoms with Crippen LogP contribution in [0.4, 0.5) is 0 Å². The normalized spacial score (nSPS) is 31.7. The second kappa shape index (κ2) is 4.97. The third-order valence-electron chi connectivity index (χ3n) is 4.96. The van der Waals surface area contributed by atoms with Gasteiger partial charge in [0.25, 0.3) is 0 Å². The van der Waals surface area contributed by atoms with Crippen molar-refractivity contribution in [3.8, 4) is 0 Å². The number of rotatable bonds is 3. The average Bonchev–Trinajstić information content (AvgIpc) is 2.95. The first-order valence-corrected chi connectivity index (χ1v) is 7.06. The zero-order chi connectivity index (χ0) is 12.5. The molecule has 0 aromatic carbocycles. The van der Waals surface area contributed by atoms with Crippen molar-refractivity contribution in [3.63, 3.8) is 0 Å². The van der Waals surface area contributed by atoms with E-state index in [0.717, 1.165) is 25.8 Å². The van der Waals surface area contributed by atoms with Crippen LogP contribution in [0.5, 0.6) is 0 Å². The van der Waals surface area contributed by atoms with Gasteiger partial charge in [0.2, 0.25) is 5.91 Å². The predicted molar refractivity (Wildman–Crippen MR) is 69.5 cm³/mol. The summed E-state index contributed by atoms with van der Waals surface area (Å²) in [6.07, 6.45) is 8.10. The molecule has 0 aliphatic heterocycles. The molecule has 0 bridgehead atoms. The maximum absolute atomic E-state index is 12.6. The molecule has 3 heteroatoms. The van der Waals surface area contributed by atoms with Crippen LogP contribution in [0.3, 0.4) is 0 Å². The third kappa shape index (κ3) is 2.35. The van der Waals surface area contributed by atoms with E-state index in [1.54, 1.807) is 0 Å². The fourth-order valence-corrected chi connectivity index (χ4v) is 3.75. The zero-order valence-electron chi connectivity index (χ0n) is 11.2. The lowest BCUT2D eigenvalue weighted by Gasteiger charge is -2.35. The molecule has 1 amide bonds. The summed E-state index contributed by atoms with van der Waals surface area (Å²) < 4.78 is 0. The summed E-state index contributed by atoms with van der Waals surface area (Å²) in [5.41, 5.74) is 5.72. The lowest BCUT2D eigenvalue weighted by Crippen LogP contribution is -2.47. The molecule has 2 aliphatic rings. The molecule has 0 heterocycles. The molecule has 2 N–H and O–H groups in total. The highest BCUT2D eigenvalue weighted by molar-refractivity contribution is 5.82. The SMILES string of the molecule is CN(C(=O)C1(C)CCCC1)C1CCCC1CN. The Morgan fingerprint density at radius 1 is 1.29 bits per heavy atom. The summed E-state index contributed by atoms with van der Waals surface area (Å²) in [4.78, 5) is 14.6. The summed E-state index contributed by atoms with van der Waals surface area (Å²) in [5.74, 6) is 0.884. The molecular weight excluding hydrogens is 212 g/mol. The van der Waals surface area contributed by atoms with Crippen molar-refractivity contribution in [2.45, 2.75) is 57.9 Å². The molecule has 2 fully saturated rings. The number of nitrogens with zero attached hydrogens (tertiary/aromatic N) is 1. The first kappa shape index (κ1) is 12.9. The summed E-state index contributed by atoms with van der Waals surface area (Å²) in [7, 11) is 1.99. The van der Waals surface area contributed by atoms with Crippen LogP contribution in [-0.4, -0.2) is 30.4 Å². The number of nitrogens with two attached hydrogens (primary N) is 1. The molecule has 0 radical (unpaired) electrons. The number of carbonyl (C=O) groups excluding carboxylic acids is 1. The van der Waals surface area contributed by atoms with Gasteiger partial charge in [-0.2, -0.15) is 0 Å². The van der Waals surface area contributed by atoms with E-state index >= 15 is 0 Å². The second-order valence-electron chi connectivity index (χ2n) is 6.18. The Labute approximate surface area is 105 Å². The third-order valence-corrected chi connectivity index (χ3v) is 4.96. The van der Waals surface area contributed by atoms with Crippen LogP contribution in [-0.2, 0) is 4.79 Å². The van der Waals surface area contributed by atoms with E-state index in [1.807, 2.05) is 11.9 Å². The van der Waals surface area contributed by atoms with Gasteiger partial charge in [0.15, 0.2) is 0 Å². The van der Waals surface area contributed by atoms with Crippen molar-refractivity contribution in [1.82, 2.24) is 4.90 Å². The Morgan fingerprint density at radius 2 is 1.94 bits per heavy atom. The summed E-state index contributed by atoms with van der Waals surface area (Å²) >= 11 is 0. The highest BCUT2D eigenvalue weighted by atomic mass is 16.2. The number of hydrogen-bond donors (Lipinski definition) is 1.